The molecule has 0 radical (unpaired) electrons. The fourth-order valence-corrected chi connectivity index (χ4v) is 11.3. The second-order valence-electron chi connectivity index (χ2n) is 15.9. The third-order valence-corrected chi connectivity index (χ3v) is 13.8. The Morgan fingerprint density at radius 1 is 0.371 bits per heavy atom. The van der Waals surface area contributed by atoms with Gasteiger partial charge in [0.05, 0.1) is 62.1 Å². The lowest BCUT2D eigenvalue weighted by Gasteiger charge is -2.19. The molecule has 0 saturated carbocycles. The summed E-state index contributed by atoms with van der Waals surface area (Å²) < 4.78 is 9.59. The van der Waals surface area contributed by atoms with Gasteiger partial charge in [0.15, 0.2) is 0 Å². The fourth-order valence-electron chi connectivity index (χ4n) is 10.2. The monoisotopic (exact) mass is 805 g/mol. The molecular formula is C56H31N5S. The predicted octanol–water partition coefficient (Wildman–Crippen LogP) is 14.8. The molecule has 0 aliphatic rings. The van der Waals surface area contributed by atoms with E-state index in [1.165, 1.54) is 36.3 Å². The van der Waals surface area contributed by atoms with Crippen molar-refractivity contribution in [1.82, 2.24) is 13.7 Å². The molecule has 286 valence electrons. The van der Waals surface area contributed by atoms with E-state index >= 15 is 0 Å². The standard InChI is InChI=1S/C56H31N5S/c57-32-34-13-12-14-35(33-58)54(34)43-26-25-37(29-50(43)61-47-22-9-5-18-39(47)44-30-45-40-19-7-11-24-52(40)62-53(45)31-51(44)61)59-48-23-10-6-20-42(48)55-49(59)28-27-41-38-17-4-8-21-46(38)60(56(41)55)36-15-2-1-3-16-36/h1-31H. The zero-order valence-electron chi connectivity index (χ0n) is 33.0. The van der Waals surface area contributed by atoms with Crippen molar-refractivity contribution in [3.8, 4) is 40.3 Å². The normalized spacial score (nSPS) is 11.8. The number of aromatic nitrogens is 3. The molecule has 0 bridgehead atoms. The average molecular weight is 806 g/mol. The molecule has 5 nitrogen and oxygen atoms in total. The Labute approximate surface area is 359 Å². The number of hydrogen-bond acceptors (Lipinski definition) is 3. The van der Waals surface area contributed by atoms with Gasteiger partial charge in [-0.15, -0.1) is 11.3 Å². The molecule has 0 aliphatic heterocycles. The molecule has 0 amide bonds. The van der Waals surface area contributed by atoms with Gasteiger partial charge in [0.25, 0.3) is 0 Å². The summed E-state index contributed by atoms with van der Waals surface area (Å²) in [5.74, 6) is 0. The first-order valence-electron chi connectivity index (χ1n) is 20.6. The maximum atomic E-state index is 10.6. The maximum Gasteiger partial charge on any atom is 0.0998 e. The quantitative estimate of drug-likeness (QED) is 0.178. The number of hydrogen-bond donors (Lipinski definition) is 0. The van der Waals surface area contributed by atoms with Crippen LogP contribution in [0.4, 0.5) is 0 Å². The Morgan fingerprint density at radius 2 is 1.00 bits per heavy atom. The highest BCUT2D eigenvalue weighted by molar-refractivity contribution is 7.25. The number of benzene rings is 9. The minimum atomic E-state index is 0.457. The van der Waals surface area contributed by atoms with Gasteiger partial charge in [-0.05, 0) is 78.9 Å². The third kappa shape index (κ3) is 4.70. The molecule has 4 aromatic heterocycles. The van der Waals surface area contributed by atoms with E-state index < -0.39 is 0 Å². The van der Waals surface area contributed by atoms with E-state index in [0.29, 0.717) is 16.7 Å². The Kier molecular flexibility index (Phi) is 7.24. The molecule has 6 heteroatoms. The second-order valence-corrected chi connectivity index (χ2v) is 16.9. The first kappa shape index (κ1) is 34.4. The highest BCUT2D eigenvalue weighted by Gasteiger charge is 2.24. The van der Waals surface area contributed by atoms with E-state index in [0.717, 1.165) is 71.9 Å². The van der Waals surface area contributed by atoms with Gasteiger partial charge in [-0.3, -0.25) is 0 Å². The summed E-state index contributed by atoms with van der Waals surface area (Å²) >= 11 is 1.80. The number of fused-ring (bicyclic) bond motifs is 13. The number of thiophene rings is 1. The minimum Gasteiger partial charge on any atom is -0.309 e. The Bertz CT molecular complexity index is 4090. The van der Waals surface area contributed by atoms with Gasteiger partial charge in [-0.1, -0.05) is 109 Å². The zero-order chi connectivity index (χ0) is 41.1. The van der Waals surface area contributed by atoms with Gasteiger partial charge in [-0.2, -0.15) is 10.5 Å². The van der Waals surface area contributed by atoms with Crippen molar-refractivity contribution >= 4 is 96.9 Å². The van der Waals surface area contributed by atoms with Crippen LogP contribution >= 0.6 is 11.3 Å². The van der Waals surface area contributed by atoms with E-state index in [1.807, 2.05) is 12.1 Å². The topological polar surface area (TPSA) is 62.4 Å². The molecule has 0 spiro atoms. The summed E-state index contributed by atoms with van der Waals surface area (Å²) in [6.45, 7) is 0. The highest BCUT2D eigenvalue weighted by Crippen LogP contribution is 2.46. The van der Waals surface area contributed by atoms with Crippen LogP contribution < -0.4 is 0 Å². The first-order chi connectivity index (χ1) is 30.7. The van der Waals surface area contributed by atoms with Gasteiger partial charge in [0.1, 0.15) is 0 Å². The molecular weight excluding hydrogens is 775 g/mol. The smallest absolute Gasteiger partial charge is 0.0998 e. The average Bonchev–Trinajstić information content (AvgIpc) is 4.06. The van der Waals surface area contributed by atoms with Crippen molar-refractivity contribution in [2.24, 2.45) is 0 Å². The fraction of sp³-hybridized carbons (Fsp3) is 0. The van der Waals surface area contributed by atoms with Crippen LogP contribution in [0.5, 0.6) is 0 Å². The summed E-state index contributed by atoms with van der Waals surface area (Å²) in [7, 11) is 0. The summed E-state index contributed by atoms with van der Waals surface area (Å²) in [6.07, 6.45) is 0. The molecule has 4 heterocycles. The van der Waals surface area contributed by atoms with Gasteiger partial charge in [0.2, 0.25) is 0 Å². The molecule has 9 aromatic carbocycles. The molecule has 0 N–H and O–H groups in total. The Balaban J connectivity index is 1.18. The molecule has 62 heavy (non-hydrogen) atoms. The lowest BCUT2D eigenvalue weighted by atomic mass is 9.93. The van der Waals surface area contributed by atoms with E-state index in [-0.39, 0.29) is 0 Å². The van der Waals surface area contributed by atoms with Crippen LogP contribution in [0.25, 0.3) is 114 Å². The Hall–Kier alpha value is -8.42. The lowest BCUT2D eigenvalue weighted by molar-refractivity contribution is 1.13. The molecule has 0 atom stereocenters. The van der Waals surface area contributed by atoms with Gasteiger partial charge < -0.3 is 13.7 Å². The van der Waals surface area contributed by atoms with Gasteiger partial charge >= 0.3 is 0 Å². The lowest BCUT2D eigenvalue weighted by Crippen LogP contribution is -2.03. The van der Waals surface area contributed by atoms with Crippen LogP contribution in [-0.4, -0.2) is 13.7 Å². The van der Waals surface area contributed by atoms with Crippen molar-refractivity contribution in [3.05, 3.63) is 199 Å². The molecule has 0 unspecified atom stereocenters. The van der Waals surface area contributed by atoms with E-state index in [9.17, 15) is 10.5 Å². The van der Waals surface area contributed by atoms with Crippen molar-refractivity contribution in [2.75, 3.05) is 0 Å². The molecule has 13 rings (SSSR count). The van der Waals surface area contributed by atoms with Crippen molar-refractivity contribution in [3.63, 3.8) is 0 Å². The van der Waals surface area contributed by atoms with E-state index in [4.69, 9.17) is 0 Å². The van der Waals surface area contributed by atoms with Crippen molar-refractivity contribution in [2.45, 2.75) is 0 Å². The predicted molar refractivity (Wildman–Crippen MR) is 257 cm³/mol. The summed E-state index contributed by atoms with van der Waals surface area (Å²) in [5.41, 5.74) is 11.9. The van der Waals surface area contributed by atoms with Gasteiger partial charge in [0, 0.05) is 75.0 Å². The van der Waals surface area contributed by atoms with Gasteiger partial charge in [-0.25, -0.2) is 0 Å². The van der Waals surface area contributed by atoms with Crippen molar-refractivity contribution < 1.29 is 0 Å². The second kappa shape index (κ2) is 13.0. The molecule has 0 aliphatic carbocycles. The largest absolute Gasteiger partial charge is 0.309 e. The Morgan fingerprint density at radius 3 is 1.74 bits per heavy atom. The van der Waals surface area contributed by atoms with Crippen LogP contribution in [0.1, 0.15) is 11.1 Å². The third-order valence-electron chi connectivity index (χ3n) is 12.7. The van der Waals surface area contributed by atoms with Crippen molar-refractivity contribution in [1.29, 1.82) is 10.5 Å². The number of nitriles is 2. The summed E-state index contributed by atoms with van der Waals surface area (Å²) in [4.78, 5) is 0. The number of rotatable bonds is 4. The van der Waals surface area contributed by atoms with E-state index in [1.54, 1.807) is 17.4 Å². The van der Waals surface area contributed by atoms with Crippen LogP contribution in [0.3, 0.4) is 0 Å². The molecule has 0 fully saturated rings. The molecule has 13 aromatic rings. The zero-order valence-corrected chi connectivity index (χ0v) is 33.9. The number of nitrogens with zero attached hydrogens (tertiary/aromatic N) is 5. The molecule has 0 saturated heterocycles. The highest BCUT2D eigenvalue weighted by atomic mass is 32.1. The van der Waals surface area contributed by atoms with Crippen LogP contribution in [0, 0.1) is 22.7 Å². The van der Waals surface area contributed by atoms with E-state index in [2.05, 4.69) is 196 Å². The summed E-state index contributed by atoms with van der Waals surface area (Å²) in [5, 5.41) is 30.6. The number of para-hydroxylation sites is 4. The maximum absolute atomic E-state index is 10.6. The summed E-state index contributed by atoms with van der Waals surface area (Å²) in [6, 6.07) is 71.2. The van der Waals surface area contributed by atoms with Crippen LogP contribution in [-0.2, 0) is 0 Å². The van der Waals surface area contributed by atoms with Crippen LogP contribution in [0.2, 0.25) is 0 Å². The van der Waals surface area contributed by atoms with Crippen LogP contribution in [0.15, 0.2) is 188 Å². The minimum absolute atomic E-state index is 0.457. The first-order valence-corrected chi connectivity index (χ1v) is 21.5. The SMILES string of the molecule is N#Cc1cccc(C#N)c1-c1ccc(-n2c3ccccc3c3c2ccc2c4ccccc4n(-c4ccccc4)c23)cc1-n1c2ccccc2c2cc3c(cc21)sc1ccccc13.